The van der Waals surface area contributed by atoms with Crippen molar-refractivity contribution < 1.29 is 14.3 Å². The Kier molecular flexibility index (Phi) is 6.06. The van der Waals surface area contributed by atoms with E-state index >= 15 is 0 Å². The highest BCUT2D eigenvalue weighted by Crippen LogP contribution is 2.31. The molecule has 7 heteroatoms. The maximum atomic E-state index is 12.8. The lowest BCUT2D eigenvalue weighted by Crippen LogP contribution is -2.41. The van der Waals surface area contributed by atoms with Crippen molar-refractivity contribution in [3.05, 3.63) is 48.0 Å². The number of aryl methyl sites for hydroxylation is 1. The lowest BCUT2D eigenvalue weighted by atomic mass is 9.92. The van der Waals surface area contributed by atoms with Gasteiger partial charge >= 0.3 is 0 Å². The van der Waals surface area contributed by atoms with Crippen LogP contribution in [0.3, 0.4) is 0 Å². The summed E-state index contributed by atoms with van der Waals surface area (Å²) in [5, 5.41) is 11.7. The van der Waals surface area contributed by atoms with Crippen LogP contribution in [0.2, 0.25) is 0 Å². The smallest absolute Gasteiger partial charge is 0.221 e. The van der Waals surface area contributed by atoms with Gasteiger partial charge in [-0.1, -0.05) is 44.2 Å². The number of nitrogens with zero attached hydrogens (tertiary/aromatic N) is 3. The lowest BCUT2D eigenvalue weighted by molar-refractivity contribution is -0.123. The average Bonchev–Trinajstić information content (AvgIpc) is 3.13. The Labute approximate surface area is 171 Å². The monoisotopic (exact) mass is 396 g/mol. The van der Waals surface area contributed by atoms with Crippen molar-refractivity contribution in [2.45, 2.75) is 39.8 Å². The molecule has 3 rings (SSSR count). The van der Waals surface area contributed by atoms with E-state index in [-0.39, 0.29) is 17.5 Å². The first-order valence-electron chi connectivity index (χ1n) is 9.63. The maximum absolute atomic E-state index is 12.8. The summed E-state index contributed by atoms with van der Waals surface area (Å²) in [6.45, 7) is 6.22. The van der Waals surface area contributed by atoms with Crippen molar-refractivity contribution in [1.82, 2.24) is 20.3 Å². The van der Waals surface area contributed by atoms with E-state index in [1.54, 1.807) is 18.9 Å². The van der Waals surface area contributed by atoms with E-state index in [9.17, 15) is 4.79 Å². The van der Waals surface area contributed by atoms with Crippen molar-refractivity contribution in [1.29, 1.82) is 0 Å². The molecule has 0 bridgehead atoms. The minimum Gasteiger partial charge on any atom is -0.493 e. The molecule has 1 N–H and O–H groups in total. The van der Waals surface area contributed by atoms with Crippen molar-refractivity contribution in [2.75, 3.05) is 14.2 Å². The number of carbonyl (C=O) groups excluding carboxylic acids is 1. The first kappa shape index (κ1) is 20.6. The van der Waals surface area contributed by atoms with Crippen molar-refractivity contribution in [3.63, 3.8) is 0 Å². The standard InChI is InChI=1S/C22H28N4O3/c1-22(2,3)21(26-17-9-7-6-8-16(17)24-25-26)23-20(27)13-11-15-10-12-18(28-4)19(14-15)29-5/h6-10,12,14,21H,11,13H2,1-5H3,(H,23,27). The molecule has 0 radical (unpaired) electrons. The zero-order valence-electron chi connectivity index (χ0n) is 17.6. The molecule has 0 saturated heterocycles. The van der Waals surface area contributed by atoms with Gasteiger partial charge in [0.25, 0.3) is 0 Å². The number of nitrogens with one attached hydrogen (secondary N) is 1. The highest BCUT2D eigenvalue weighted by Gasteiger charge is 2.30. The molecule has 2 aromatic carbocycles. The Morgan fingerprint density at radius 3 is 2.52 bits per heavy atom. The minimum absolute atomic E-state index is 0.0423. The summed E-state index contributed by atoms with van der Waals surface area (Å²) >= 11 is 0. The topological polar surface area (TPSA) is 78.3 Å². The molecule has 0 saturated carbocycles. The second-order valence-corrected chi connectivity index (χ2v) is 8.05. The summed E-state index contributed by atoms with van der Waals surface area (Å²) in [6, 6.07) is 13.4. The van der Waals surface area contributed by atoms with E-state index in [2.05, 4.69) is 36.4 Å². The molecule has 0 aliphatic carbocycles. The summed E-state index contributed by atoms with van der Waals surface area (Å²) in [5.74, 6) is 1.29. The predicted molar refractivity (Wildman–Crippen MR) is 112 cm³/mol. The Morgan fingerprint density at radius 2 is 1.83 bits per heavy atom. The van der Waals surface area contributed by atoms with Gasteiger partial charge in [0.2, 0.25) is 5.91 Å². The fourth-order valence-electron chi connectivity index (χ4n) is 3.24. The second kappa shape index (κ2) is 8.51. The SMILES string of the molecule is COc1ccc(CCC(=O)NC(n2nnc3ccccc32)C(C)(C)C)cc1OC. The Morgan fingerprint density at radius 1 is 1.10 bits per heavy atom. The molecule has 0 spiro atoms. The van der Waals surface area contributed by atoms with Gasteiger partial charge in [-0.3, -0.25) is 4.79 Å². The molecule has 1 unspecified atom stereocenters. The number of hydrogen-bond donors (Lipinski definition) is 1. The van der Waals surface area contributed by atoms with Crippen LogP contribution in [0.25, 0.3) is 11.0 Å². The van der Waals surface area contributed by atoms with Gasteiger partial charge in [-0.2, -0.15) is 0 Å². The van der Waals surface area contributed by atoms with Crippen LogP contribution in [0.1, 0.15) is 38.9 Å². The zero-order chi connectivity index (χ0) is 21.0. The van der Waals surface area contributed by atoms with E-state index in [1.807, 2.05) is 42.5 Å². The summed E-state index contributed by atoms with van der Waals surface area (Å²) in [7, 11) is 3.20. The highest BCUT2D eigenvalue weighted by atomic mass is 16.5. The first-order valence-corrected chi connectivity index (χ1v) is 9.63. The molecule has 0 aliphatic heterocycles. The van der Waals surface area contributed by atoms with E-state index in [1.165, 1.54) is 0 Å². The number of amides is 1. The Balaban J connectivity index is 1.73. The number of para-hydroxylation sites is 1. The van der Waals surface area contributed by atoms with Crippen LogP contribution in [0.4, 0.5) is 0 Å². The molecular formula is C22H28N4O3. The fraction of sp³-hybridized carbons (Fsp3) is 0.409. The van der Waals surface area contributed by atoms with E-state index in [0.29, 0.717) is 24.3 Å². The van der Waals surface area contributed by atoms with Gasteiger partial charge in [-0.05, 0) is 36.2 Å². The van der Waals surface area contributed by atoms with Gasteiger partial charge in [0.1, 0.15) is 11.7 Å². The Hall–Kier alpha value is -3.09. The number of carbonyl (C=O) groups is 1. The van der Waals surface area contributed by atoms with E-state index < -0.39 is 0 Å². The average molecular weight is 396 g/mol. The zero-order valence-corrected chi connectivity index (χ0v) is 17.6. The summed E-state index contributed by atoms with van der Waals surface area (Å²) < 4.78 is 12.4. The van der Waals surface area contributed by atoms with Crippen LogP contribution in [-0.2, 0) is 11.2 Å². The van der Waals surface area contributed by atoms with Crippen LogP contribution in [-0.4, -0.2) is 35.1 Å². The quantitative estimate of drug-likeness (QED) is 0.658. The minimum atomic E-state index is -0.312. The van der Waals surface area contributed by atoms with Gasteiger partial charge < -0.3 is 14.8 Å². The lowest BCUT2D eigenvalue weighted by Gasteiger charge is -2.31. The molecule has 1 amide bonds. The van der Waals surface area contributed by atoms with Gasteiger partial charge in [0.05, 0.1) is 19.7 Å². The molecular weight excluding hydrogens is 368 g/mol. The molecule has 0 fully saturated rings. The molecule has 1 atom stereocenters. The van der Waals surface area contributed by atoms with Gasteiger partial charge in [0, 0.05) is 11.8 Å². The molecule has 29 heavy (non-hydrogen) atoms. The highest BCUT2D eigenvalue weighted by molar-refractivity contribution is 5.77. The number of fused-ring (bicyclic) bond motifs is 1. The normalized spacial score (nSPS) is 12.6. The van der Waals surface area contributed by atoms with Crippen LogP contribution in [0.15, 0.2) is 42.5 Å². The van der Waals surface area contributed by atoms with E-state index in [0.717, 1.165) is 16.6 Å². The van der Waals surface area contributed by atoms with Gasteiger partial charge in [-0.25, -0.2) is 4.68 Å². The molecule has 0 aliphatic rings. The van der Waals surface area contributed by atoms with Crippen molar-refractivity contribution >= 4 is 16.9 Å². The van der Waals surface area contributed by atoms with Gasteiger partial charge in [-0.15, -0.1) is 5.10 Å². The van der Waals surface area contributed by atoms with Crippen LogP contribution in [0, 0.1) is 5.41 Å². The number of hydrogen-bond acceptors (Lipinski definition) is 5. The molecule has 7 nitrogen and oxygen atoms in total. The third kappa shape index (κ3) is 4.67. The second-order valence-electron chi connectivity index (χ2n) is 8.05. The third-order valence-corrected chi connectivity index (χ3v) is 4.83. The summed E-state index contributed by atoms with van der Waals surface area (Å²) in [4.78, 5) is 12.8. The number of ether oxygens (including phenoxy) is 2. The maximum Gasteiger partial charge on any atom is 0.221 e. The molecule has 1 aromatic heterocycles. The first-order chi connectivity index (χ1) is 13.8. The summed E-state index contributed by atoms with van der Waals surface area (Å²) in [5.41, 5.74) is 2.47. The third-order valence-electron chi connectivity index (χ3n) is 4.83. The fourth-order valence-corrected chi connectivity index (χ4v) is 3.24. The van der Waals surface area contributed by atoms with Crippen LogP contribution < -0.4 is 14.8 Å². The van der Waals surface area contributed by atoms with Crippen molar-refractivity contribution in [2.24, 2.45) is 5.41 Å². The number of methoxy groups -OCH3 is 2. The summed E-state index contributed by atoms with van der Waals surface area (Å²) in [6.07, 6.45) is 0.642. The number of aromatic nitrogens is 3. The number of rotatable bonds is 7. The van der Waals surface area contributed by atoms with Gasteiger partial charge in [0.15, 0.2) is 11.5 Å². The van der Waals surface area contributed by atoms with Crippen LogP contribution >= 0.6 is 0 Å². The number of benzene rings is 2. The largest absolute Gasteiger partial charge is 0.493 e. The molecule has 3 aromatic rings. The molecule has 154 valence electrons. The van der Waals surface area contributed by atoms with Crippen LogP contribution in [0.5, 0.6) is 11.5 Å². The molecule has 1 heterocycles. The van der Waals surface area contributed by atoms with E-state index in [4.69, 9.17) is 9.47 Å². The Bertz CT molecular complexity index is 991. The predicted octanol–water partition coefficient (Wildman–Crippen LogP) is 3.74. The van der Waals surface area contributed by atoms with Crippen molar-refractivity contribution in [3.8, 4) is 11.5 Å².